The van der Waals surface area contributed by atoms with E-state index in [0.29, 0.717) is 29.7 Å². The number of nitrogens with one attached hydrogen (secondary N) is 1. The number of nitrogen functional groups attached to an aromatic ring is 1. The van der Waals surface area contributed by atoms with E-state index in [1.165, 1.54) is 22.9 Å². The molecule has 3 N–H and O–H groups in total. The molecule has 33 heavy (non-hydrogen) atoms. The number of pyridine rings is 1. The molecule has 3 aromatic heterocycles. The lowest BCUT2D eigenvalue weighted by molar-refractivity contribution is 0.625. The molecule has 0 radical (unpaired) electrons. The molecule has 0 aliphatic rings. The first kappa shape index (κ1) is 20.5. The maximum Gasteiger partial charge on any atom is 0.225 e. The minimum Gasteiger partial charge on any atom is -0.383 e. The molecule has 2 aromatic carbocycles. The van der Waals surface area contributed by atoms with E-state index in [1.54, 1.807) is 36.5 Å². The van der Waals surface area contributed by atoms with Gasteiger partial charge in [-0.1, -0.05) is 24.3 Å². The third-order valence-corrected chi connectivity index (χ3v) is 5.14. The molecule has 5 rings (SSSR count). The van der Waals surface area contributed by atoms with Crippen LogP contribution in [-0.4, -0.2) is 31.3 Å². The Bertz CT molecular complexity index is 1430. The summed E-state index contributed by atoms with van der Waals surface area (Å²) in [5.74, 6) is -0.409. The molecule has 5 aromatic rings. The Labute approximate surface area is 188 Å². The molecule has 0 saturated heterocycles. The number of hydrogen-bond acceptors (Lipinski definition) is 6. The Hall–Kier alpha value is -4.40. The van der Waals surface area contributed by atoms with Crippen LogP contribution in [0.1, 0.15) is 5.69 Å². The van der Waals surface area contributed by atoms with E-state index in [-0.39, 0.29) is 23.0 Å². The van der Waals surface area contributed by atoms with E-state index < -0.39 is 11.6 Å². The van der Waals surface area contributed by atoms with Gasteiger partial charge in [0.25, 0.3) is 0 Å². The summed E-state index contributed by atoms with van der Waals surface area (Å²) < 4.78 is 29.9. The number of anilines is 2. The number of aromatic nitrogens is 5. The van der Waals surface area contributed by atoms with E-state index in [9.17, 15) is 8.78 Å². The van der Waals surface area contributed by atoms with E-state index in [1.807, 2.05) is 18.2 Å². The Morgan fingerprint density at radius 3 is 2.58 bits per heavy atom. The summed E-state index contributed by atoms with van der Waals surface area (Å²) in [5, 5.41) is 8.01. The average Bonchev–Trinajstić information content (AvgIpc) is 3.16. The first-order chi connectivity index (χ1) is 16.1. The zero-order valence-electron chi connectivity index (χ0n) is 17.4. The number of fused-ring (bicyclic) bond motifs is 1. The molecule has 0 fully saturated rings. The van der Waals surface area contributed by atoms with E-state index in [0.717, 1.165) is 5.69 Å². The van der Waals surface area contributed by atoms with Crippen LogP contribution in [0, 0.1) is 11.6 Å². The van der Waals surface area contributed by atoms with Crippen LogP contribution in [0.15, 0.2) is 72.9 Å². The summed E-state index contributed by atoms with van der Waals surface area (Å²) in [6, 6.07) is 17.9. The molecule has 0 atom stereocenters. The molecule has 0 unspecified atom stereocenters. The fraction of sp³-hybridized carbons (Fsp3) is 0.0833. The Morgan fingerprint density at radius 2 is 1.79 bits per heavy atom. The van der Waals surface area contributed by atoms with Crippen LogP contribution < -0.4 is 11.1 Å². The number of benzene rings is 2. The van der Waals surface area contributed by atoms with Gasteiger partial charge in [0.1, 0.15) is 17.5 Å². The number of halogens is 2. The van der Waals surface area contributed by atoms with Crippen LogP contribution in [0.2, 0.25) is 0 Å². The number of nitrogens with two attached hydrogens (primary N) is 1. The third-order valence-electron chi connectivity index (χ3n) is 5.14. The molecule has 3 heterocycles. The lowest BCUT2D eigenvalue weighted by Crippen LogP contribution is -2.09. The van der Waals surface area contributed by atoms with Crippen molar-refractivity contribution < 1.29 is 8.78 Å². The Balaban J connectivity index is 1.60. The van der Waals surface area contributed by atoms with Crippen molar-refractivity contribution >= 4 is 22.8 Å². The van der Waals surface area contributed by atoms with Gasteiger partial charge in [-0.05, 0) is 42.5 Å². The Kier molecular flexibility index (Phi) is 5.35. The maximum absolute atomic E-state index is 14.7. The third kappa shape index (κ3) is 4.08. The number of hydrogen-bond donors (Lipinski definition) is 2. The smallest absolute Gasteiger partial charge is 0.225 e. The van der Waals surface area contributed by atoms with Crippen LogP contribution in [0.3, 0.4) is 0 Å². The summed E-state index contributed by atoms with van der Waals surface area (Å²) in [5.41, 5.74) is 8.56. The highest BCUT2D eigenvalue weighted by molar-refractivity contribution is 5.99. The molecule has 0 bridgehead atoms. The molecule has 7 nitrogen and oxygen atoms in total. The molecule has 0 amide bonds. The van der Waals surface area contributed by atoms with Gasteiger partial charge in [-0.2, -0.15) is 4.98 Å². The summed E-state index contributed by atoms with van der Waals surface area (Å²) >= 11 is 0. The zero-order chi connectivity index (χ0) is 22.8. The molecular formula is C24H19F2N7. The van der Waals surface area contributed by atoms with Crippen molar-refractivity contribution in [3.63, 3.8) is 0 Å². The maximum atomic E-state index is 14.7. The highest BCUT2D eigenvalue weighted by Crippen LogP contribution is 2.34. The highest BCUT2D eigenvalue weighted by atomic mass is 19.1. The van der Waals surface area contributed by atoms with E-state index >= 15 is 0 Å². The normalized spacial score (nSPS) is 11.1. The van der Waals surface area contributed by atoms with Gasteiger partial charge in [0.05, 0.1) is 16.8 Å². The topological polar surface area (TPSA) is 94.5 Å². The predicted octanol–water partition coefficient (Wildman–Crippen LogP) is 4.39. The summed E-state index contributed by atoms with van der Waals surface area (Å²) in [4.78, 5) is 13.3. The van der Waals surface area contributed by atoms with E-state index in [2.05, 4.69) is 25.4 Å². The van der Waals surface area contributed by atoms with Crippen molar-refractivity contribution in [3.8, 4) is 16.9 Å². The monoisotopic (exact) mass is 443 g/mol. The van der Waals surface area contributed by atoms with Crippen LogP contribution in [0.25, 0.3) is 28.0 Å². The second-order valence-electron chi connectivity index (χ2n) is 7.35. The van der Waals surface area contributed by atoms with Crippen molar-refractivity contribution in [1.82, 2.24) is 24.7 Å². The number of nitrogens with zero attached hydrogens (tertiary/aromatic N) is 5. The summed E-state index contributed by atoms with van der Waals surface area (Å²) in [6.07, 6.45) is 2.38. The first-order valence-corrected chi connectivity index (χ1v) is 10.3. The predicted molar refractivity (Wildman–Crippen MR) is 123 cm³/mol. The average molecular weight is 443 g/mol. The van der Waals surface area contributed by atoms with Gasteiger partial charge >= 0.3 is 0 Å². The molecule has 0 aliphatic heterocycles. The summed E-state index contributed by atoms with van der Waals surface area (Å²) in [7, 11) is 0. The van der Waals surface area contributed by atoms with Crippen molar-refractivity contribution in [2.75, 3.05) is 17.6 Å². The van der Waals surface area contributed by atoms with Gasteiger partial charge in [0.15, 0.2) is 5.65 Å². The minimum absolute atomic E-state index is 0.189. The fourth-order valence-corrected chi connectivity index (χ4v) is 3.59. The van der Waals surface area contributed by atoms with E-state index in [4.69, 9.17) is 5.73 Å². The highest BCUT2D eigenvalue weighted by Gasteiger charge is 2.21. The van der Waals surface area contributed by atoms with Crippen LogP contribution in [0.4, 0.5) is 20.5 Å². The minimum atomic E-state index is -0.449. The SMILES string of the molecule is Nc1c2c(-c3ccccc3F)nc(NCCc3ccccn3)nc2nn1-c1cccc(F)c1. The van der Waals surface area contributed by atoms with Gasteiger partial charge in [0, 0.05) is 30.4 Å². The van der Waals surface area contributed by atoms with Crippen LogP contribution >= 0.6 is 0 Å². The second kappa shape index (κ2) is 8.62. The zero-order valence-corrected chi connectivity index (χ0v) is 17.4. The van der Waals surface area contributed by atoms with Gasteiger partial charge in [0.2, 0.25) is 5.95 Å². The molecule has 9 heteroatoms. The van der Waals surface area contributed by atoms with Gasteiger partial charge in [-0.15, -0.1) is 5.10 Å². The van der Waals surface area contributed by atoms with Crippen LogP contribution in [0.5, 0.6) is 0 Å². The quantitative estimate of drug-likeness (QED) is 0.404. The molecule has 164 valence electrons. The number of rotatable bonds is 6. The second-order valence-corrected chi connectivity index (χ2v) is 7.35. The first-order valence-electron chi connectivity index (χ1n) is 10.3. The molecule has 0 saturated carbocycles. The lowest BCUT2D eigenvalue weighted by Gasteiger charge is -2.09. The van der Waals surface area contributed by atoms with Crippen LogP contribution in [-0.2, 0) is 6.42 Å². The van der Waals surface area contributed by atoms with Gasteiger partial charge < -0.3 is 11.1 Å². The molecular weight excluding hydrogens is 424 g/mol. The van der Waals surface area contributed by atoms with Crippen molar-refractivity contribution in [1.29, 1.82) is 0 Å². The summed E-state index contributed by atoms with van der Waals surface area (Å²) in [6.45, 7) is 0.513. The molecule has 0 aliphatic carbocycles. The van der Waals surface area contributed by atoms with Gasteiger partial charge in [-0.3, -0.25) is 4.98 Å². The van der Waals surface area contributed by atoms with Crippen molar-refractivity contribution in [2.45, 2.75) is 6.42 Å². The standard InChI is InChI=1S/C24H19F2N7/c25-15-6-5-8-17(14-15)33-22(27)20-21(18-9-1-2-10-19(18)26)30-24(31-23(20)32-33)29-13-11-16-7-3-4-12-28-16/h1-10,12,14H,11,13,27H2,(H,29,31,32). The lowest BCUT2D eigenvalue weighted by atomic mass is 10.1. The van der Waals surface area contributed by atoms with Crippen molar-refractivity contribution in [2.24, 2.45) is 0 Å². The fourth-order valence-electron chi connectivity index (χ4n) is 3.59. The largest absolute Gasteiger partial charge is 0.383 e. The molecule has 0 spiro atoms. The van der Waals surface area contributed by atoms with Crippen molar-refractivity contribution in [3.05, 3.63) is 90.3 Å². The van der Waals surface area contributed by atoms with Gasteiger partial charge in [-0.25, -0.2) is 18.4 Å². The Morgan fingerprint density at radius 1 is 0.939 bits per heavy atom.